The molecule has 7 nitrogen and oxygen atoms in total. The molecule has 4 rings (SSSR count). The highest BCUT2D eigenvalue weighted by Crippen LogP contribution is 2.23. The molecule has 0 unspecified atom stereocenters. The highest BCUT2D eigenvalue weighted by atomic mass is 32.2. The van der Waals surface area contributed by atoms with Crippen LogP contribution in [0.3, 0.4) is 0 Å². The van der Waals surface area contributed by atoms with E-state index >= 15 is 0 Å². The minimum Gasteiger partial charge on any atom is -0.345 e. The summed E-state index contributed by atoms with van der Waals surface area (Å²) in [6, 6.07) is 30.5. The van der Waals surface area contributed by atoms with Crippen molar-refractivity contribution in [2.45, 2.75) is 17.9 Å². The lowest BCUT2D eigenvalue weighted by atomic mass is 10.1. The fourth-order valence-electron chi connectivity index (χ4n) is 3.80. The Bertz CT molecular complexity index is 1490. The summed E-state index contributed by atoms with van der Waals surface area (Å²) in [5.41, 5.74) is 2.41. The van der Waals surface area contributed by atoms with Crippen LogP contribution in [0.25, 0.3) is 0 Å². The highest BCUT2D eigenvalue weighted by molar-refractivity contribution is 7.92. The molecule has 0 fully saturated rings. The van der Waals surface area contributed by atoms with Gasteiger partial charge in [-0.25, -0.2) is 8.42 Å². The number of carbonyl (C=O) groups excluding carboxylic acids is 2. The van der Waals surface area contributed by atoms with Crippen molar-refractivity contribution < 1.29 is 18.0 Å². The zero-order chi connectivity index (χ0) is 26.4. The average molecular weight is 514 g/mol. The van der Waals surface area contributed by atoms with E-state index in [1.807, 2.05) is 37.3 Å². The lowest BCUT2D eigenvalue weighted by molar-refractivity contribution is 0.0940. The van der Waals surface area contributed by atoms with Crippen LogP contribution in [0.2, 0.25) is 0 Å². The van der Waals surface area contributed by atoms with Crippen LogP contribution >= 0.6 is 0 Å². The summed E-state index contributed by atoms with van der Waals surface area (Å²) in [5.74, 6) is -0.730. The molecule has 0 bridgehead atoms. The topological polar surface area (TPSA) is 95.6 Å². The van der Waals surface area contributed by atoms with Gasteiger partial charge in [-0.15, -0.1) is 0 Å². The Morgan fingerprint density at radius 3 is 1.95 bits per heavy atom. The molecular formula is C29H27N3O4S. The standard InChI is InChI=1S/C29H27N3O4S/c1-21(22-11-5-3-6-12-22)30-29(34)26-15-9-10-16-27(26)31-28(33)23-17-19-24(20-18-23)32(2)37(35,36)25-13-7-4-8-14-25/h3-21H,1-2H3,(H,30,34)(H,31,33)/t21-/m0/s1. The van der Waals surface area contributed by atoms with Gasteiger partial charge in [-0.3, -0.25) is 13.9 Å². The number of anilines is 2. The molecule has 188 valence electrons. The van der Waals surface area contributed by atoms with Gasteiger partial charge in [0, 0.05) is 12.6 Å². The summed E-state index contributed by atoms with van der Waals surface area (Å²) < 4.78 is 26.9. The van der Waals surface area contributed by atoms with Gasteiger partial charge in [-0.2, -0.15) is 0 Å². The highest BCUT2D eigenvalue weighted by Gasteiger charge is 2.21. The fraction of sp³-hybridized carbons (Fsp3) is 0.103. The number of sulfonamides is 1. The van der Waals surface area contributed by atoms with E-state index in [1.165, 1.54) is 19.2 Å². The van der Waals surface area contributed by atoms with Gasteiger partial charge in [-0.1, -0.05) is 60.7 Å². The Labute approximate surface area is 216 Å². The molecule has 8 heteroatoms. The number of nitrogens with one attached hydrogen (secondary N) is 2. The molecular weight excluding hydrogens is 486 g/mol. The van der Waals surface area contributed by atoms with Gasteiger partial charge in [-0.05, 0) is 61.0 Å². The van der Waals surface area contributed by atoms with Crippen LogP contribution in [-0.4, -0.2) is 27.3 Å². The fourth-order valence-corrected chi connectivity index (χ4v) is 5.01. The van der Waals surface area contributed by atoms with Gasteiger partial charge in [0.25, 0.3) is 21.8 Å². The Morgan fingerprint density at radius 1 is 0.730 bits per heavy atom. The molecule has 0 spiro atoms. The van der Waals surface area contributed by atoms with E-state index in [0.717, 1.165) is 9.87 Å². The molecule has 37 heavy (non-hydrogen) atoms. The number of amides is 2. The van der Waals surface area contributed by atoms with Gasteiger partial charge >= 0.3 is 0 Å². The van der Waals surface area contributed by atoms with Crippen molar-refractivity contribution in [3.05, 3.63) is 126 Å². The minimum atomic E-state index is -3.73. The van der Waals surface area contributed by atoms with Crippen LogP contribution < -0.4 is 14.9 Å². The van der Waals surface area contributed by atoms with Crippen molar-refractivity contribution in [2.75, 3.05) is 16.7 Å². The van der Waals surface area contributed by atoms with E-state index in [1.54, 1.807) is 66.7 Å². The molecule has 4 aromatic carbocycles. The molecule has 0 saturated heterocycles. The van der Waals surface area contributed by atoms with Crippen LogP contribution in [0, 0.1) is 0 Å². The van der Waals surface area contributed by atoms with E-state index in [2.05, 4.69) is 10.6 Å². The van der Waals surface area contributed by atoms with Gasteiger partial charge in [0.15, 0.2) is 0 Å². The van der Waals surface area contributed by atoms with Crippen LogP contribution in [0.1, 0.15) is 39.2 Å². The van der Waals surface area contributed by atoms with Crippen LogP contribution in [-0.2, 0) is 10.0 Å². The molecule has 1 atom stereocenters. The quantitative estimate of drug-likeness (QED) is 0.336. The summed E-state index contributed by atoms with van der Waals surface area (Å²) in [6.07, 6.45) is 0. The maximum atomic E-state index is 13.0. The van der Waals surface area contributed by atoms with Gasteiger partial charge in [0.2, 0.25) is 0 Å². The van der Waals surface area contributed by atoms with E-state index < -0.39 is 15.9 Å². The third kappa shape index (κ3) is 5.87. The first kappa shape index (κ1) is 25.7. The summed E-state index contributed by atoms with van der Waals surface area (Å²) >= 11 is 0. The van der Waals surface area contributed by atoms with Gasteiger partial charge in [0.05, 0.1) is 27.9 Å². The number of hydrogen-bond donors (Lipinski definition) is 2. The van der Waals surface area contributed by atoms with Crippen LogP contribution in [0.5, 0.6) is 0 Å². The smallest absolute Gasteiger partial charge is 0.264 e. The second-order valence-electron chi connectivity index (χ2n) is 8.44. The third-order valence-corrected chi connectivity index (χ3v) is 7.76. The SMILES string of the molecule is C[C@H](NC(=O)c1ccccc1NC(=O)c1ccc(N(C)S(=O)(=O)c2ccccc2)cc1)c1ccccc1. The van der Waals surface area contributed by atoms with Crippen molar-refractivity contribution in [3.8, 4) is 0 Å². The molecule has 0 aliphatic carbocycles. The van der Waals surface area contributed by atoms with Gasteiger partial charge in [0.1, 0.15) is 0 Å². The summed E-state index contributed by atoms with van der Waals surface area (Å²) in [6.45, 7) is 1.89. The lowest BCUT2D eigenvalue weighted by Gasteiger charge is -2.20. The van der Waals surface area contributed by atoms with Crippen molar-refractivity contribution in [2.24, 2.45) is 0 Å². The van der Waals surface area contributed by atoms with E-state index in [9.17, 15) is 18.0 Å². The van der Waals surface area contributed by atoms with Crippen molar-refractivity contribution in [1.29, 1.82) is 0 Å². The third-order valence-electron chi connectivity index (χ3n) is 5.96. The first-order valence-corrected chi connectivity index (χ1v) is 13.1. The van der Waals surface area contributed by atoms with E-state index in [0.29, 0.717) is 22.5 Å². The monoisotopic (exact) mass is 513 g/mol. The molecule has 0 aliphatic heterocycles. The number of para-hydroxylation sites is 1. The summed E-state index contributed by atoms with van der Waals surface area (Å²) in [7, 11) is -2.27. The molecule has 2 N–H and O–H groups in total. The maximum Gasteiger partial charge on any atom is 0.264 e. The molecule has 0 aliphatic rings. The number of hydrogen-bond acceptors (Lipinski definition) is 4. The van der Waals surface area contributed by atoms with Crippen LogP contribution in [0.15, 0.2) is 114 Å². The first-order chi connectivity index (χ1) is 17.8. The molecule has 4 aromatic rings. The largest absolute Gasteiger partial charge is 0.345 e. The predicted molar refractivity (Wildman–Crippen MR) is 145 cm³/mol. The average Bonchev–Trinajstić information content (AvgIpc) is 2.93. The first-order valence-electron chi connectivity index (χ1n) is 11.7. The summed E-state index contributed by atoms with van der Waals surface area (Å²) in [5, 5.41) is 5.75. The van der Waals surface area contributed by atoms with Crippen molar-refractivity contribution in [1.82, 2.24) is 5.32 Å². The van der Waals surface area contributed by atoms with Crippen molar-refractivity contribution >= 4 is 33.2 Å². The molecule has 0 aromatic heterocycles. The zero-order valence-electron chi connectivity index (χ0n) is 20.5. The number of carbonyl (C=O) groups is 2. The molecule has 0 radical (unpaired) electrons. The molecule has 0 saturated carbocycles. The number of benzene rings is 4. The number of nitrogens with zero attached hydrogens (tertiary/aromatic N) is 1. The van der Waals surface area contributed by atoms with Gasteiger partial charge < -0.3 is 10.6 Å². The maximum absolute atomic E-state index is 13.0. The second-order valence-corrected chi connectivity index (χ2v) is 10.4. The second kappa shape index (κ2) is 11.1. The minimum absolute atomic E-state index is 0.177. The Morgan fingerprint density at radius 2 is 1.30 bits per heavy atom. The van der Waals surface area contributed by atoms with Crippen LogP contribution in [0.4, 0.5) is 11.4 Å². The van der Waals surface area contributed by atoms with E-state index in [-0.39, 0.29) is 16.8 Å². The Hall–Kier alpha value is -4.43. The predicted octanol–water partition coefficient (Wildman–Crippen LogP) is 5.26. The van der Waals surface area contributed by atoms with E-state index in [4.69, 9.17) is 0 Å². The normalized spacial score (nSPS) is 11.8. The Kier molecular flexibility index (Phi) is 7.69. The molecule has 0 heterocycles. The zero-order valence-corrected chi connectivity index (χ0v) is 21.3. The lowest BCUT2D eigenvalue weighted by Crippen LogP contribution is -2.28. The summed E-state index contributed by atoms with van der Waals surface area (Å²) in [4.78, 5) is 26.1. The number of rotatable bonds is 8. The molecule has 2 amide bonds. The Balaban J connectivity index is 1.47. The van der Waals surface area contributed by atoms with Crippen molar-refractivity contribution in [3.63, 3.8) is 0 Å².